The molecule has 5 rings (SSSR count). The lowest BCUT2D eigenvalue weighted by atomic mass is 9.91. The van der Waals surface area contributed by atoms with Crippen LogP contribution >= 0.6 is 0 Å². The Balaban J connectivity index is 0.000000465. The van der Waals surface area contributed by atoms with E-state index in [1.54, 1.807) is 14.1 Å². The van der Waals surface area contributed by atoms with Crippen LogP contribution in [0.5, 0.6) is 5.75 Å². The number of imide groups is 1. The van der Waals surface area contributed by atoms with Crippen molar-refractivity contribution >= 4 is 28.9 Å². The highest BCUT2D eigenvalue weighted by atomic mass is 16.5. The van der Waals surface area contributed by atoms with Crippen LogP contribution in [0.15, 0.2) is 78.9 Å². The molecule has 0 bridgehead atoms. The zero-order valence-electron chi connectivity index (χ0n) is 24.5. The monoisotopic (exact) mass is 561 g/mol. The molecule has 3 aromatic carbocycles. The molecular weight excluding hydrogens is 518 g/mol. The average Bonchev–Trinajstić information content (AvgIpc) is 3.56. The second-order valence-electron chi connectivity index (χ2n) is 9.60. The fourth-order valence-corrected chi connectivity index (χ4v) is 4.31. The number of hydrogen-bond acceptors (Lipinski definition) is 5. The predicted octanol–water partition coefficient (Wildman–Crippen LogP) is 5.94. The van der Waals surface area contributed by atoms with Crippen molar-refractivity contribution in [1.82, 2.24) is 25.1 Å². The van der Waals surface area contributed by atoms with E-state index in [2.05, 4.69) is 15.3 Å². The first-order valence-corrected chi connectivity index (χ1v) is 13.7. The summed E-state index contributed by atoms with van der Waals surface area (Å²) in [6.45, 7) is 8.14. The minimum Gasteiger partial charge on any atom is -0.484 e. The van der Waals surface area contributed by atoms with Gasteiger partial charge in [-0.25, -0.2) is 9.78 Å². The summed E-state index contributed by atoms with van der Waals surface area (Å²) >= 11 is 0. The van der Waals surface area contributed by atoms with Crippen molar-refractivity contribution in [3.8, 4) is 5.75 Å². The molecule has 220 valence electrons. The molecule has 4 aromatic rings. The van der Waals surface area contributed by atoms with Crippen molar-refractivity contribution in [1.29, 1.82) is 0 Å². The second kappa shape index (κ2) is 14.6. The number of aromatic nitrogens is 2. The summed E-state index contributed by atoms with van der Waals surface area (Å²) in [6, 6.07) is 24.2. The van der Waals surface area contributed by atoms with Crippen LogP contribution in [0.2, 0.25) is 0 Å². The van der Waals surface area contributed by atoms with Crippen LogP contribution in [0.3, 0.4) is 0 Å². The summed E-state index contributed by atoms with van der Waals surface area (Å²) in [6.07, 6.45) is 0. The molecule has 0 spiro atoms. The lowest BCUT2D eigenvalue weighted by Gasteiger charge is -2.29. The van der Waals surface area contributed by atoms with Crippen LogP contribution < -0.4 is 10.1 Å². The third kappa shape index (κ3) is 7.94. The lowest BCUT2D eigenvalue weighted by molar-refractivity contribution is -0.130. The number of amides is 4. The van der Waals surface area contributed by atoms with E-state index < -0.39 is 6.04 Å². The minimum atomic E-state index is -0.500. The zero-order chi connectivity index (χ0) is 29.9. The number of fused-ring (bicyclic) bond motifs is 1. The van der Waals surface area contributed by atoms with Gasteiger partial charge >= 0.3 is 6.03 Å². The van der Waals surface area contributed by atoms with Gasteiger partial charge in [0.05, 0.1) is 17.6 Å². The predicted molar refractivity (Wildman–Crippen MR) is 165 cm³/mol. The van der Waals surface area contributed by atoms with Gasteiger partial charge in [-0.3, -0.25) is 14.5 Å². The van der Waals surface area contributed by atoms with E-state index in [1.165, 1.54) is 9.80 Å². The van der Waals surface area contributed by atoms with Crippen molar-refractivity contribution in [3.63, 3.8) is 0 Å². The van der Waals surface area contributed by atoms with E-state index in [0.717, 1.165) is 27.9 Å². The summed E-state index contributed by atoms with van der Waals surface area (Å²) in [4.78, 5) is 46.7. The molecule has 1 aliphatic heterocycles. The molecule has 2 atom stereocenters. The molecule has 1 aromatic heterocycles. The SMILES string of the molecule is CC.CN(C)C(=O)COc1ccccc1.Cc1ccc2nc([C@H]([C@@H](C)c3ccccc3)N3C(=O)CNC3=O)[nH]c2c1.[HH].[HH]. The fraction of sp³-hybridized carbons (Fsp3) is 0.312. The number of rotatable bonds is 7. The van der Waals surface area contributed by atoms with Crippen molar-refractivity contribution in [2.24, 2.45) is 0 Å². The van der Waals surface area contributed by atoms with Crippen molar-refractivity contribution in [2.45, 2.75) is 39.7 Å². The molecule has 0 saturated carbocycles. The maximum atomic E-state index is 12.4. The molecule has 41 heavy (non-hydrogen) atoms. The van der Waals surface area contributed by atoms with Gasteiger partial charge in [0, 0.05) is 22.9 Å². The molecule has 1 fully saturated rings. The molecule has 0 aliphatic carbocycles. The Labute approximate surface area is 244 Å². The minimum absolute atomic E-state index is 0. The van der Waals surface area contributed by atoms with Crippen LogP contribution in [-0.4, -0.2) is 64.9 Å². The zero-order valence-corrected chi connectivity index (χ0v) is 24.5. The smallest absolute Gasteiger partial charge is 0.325 e. The number of para-hydroxylation sites is 1. The molecule has 1 aliphatic rings. The van der Waals surface area contributed by atoms with Crippen LogP contribution in [0.25, 0.3) is 11.0 Å². The van der Waals surface area contributed by atoms with Gasteiger partial charge in [0.2, 0.25) is 0 Å². The van der Waals surface area contributed by atoms with Gasteiger partial charge in [-0.1, -0.05) is 75.4 Å². The number of carbonyl (C=O) groups excluding carboxylic acids is 3. The van der Waals surface area contributed by atoms with Crippen LogP contribution in [-0.2, 0) is 9.59 Å². The lowest BCUT2D eigenvalue weighted by Crippen LogP contribution is -2.38. The van der Waals surface area contributed by atoms with Crippen LogP contribution in [0.1, 0.15) is 52.5 Å². The number of nitrogens with zero attached hydrogens (tertiary/aromatic N) is 3. The second-order valence-corrected chi connectivity index (χ2v) is 9.60. The Morgan fingerprint density at radius 3 is 2.24 bits per heavy atom. The van der Waals surface area contributed by atoms with Gasteiger partial charge in [-0.15, -0.1) is 0 Å². The molecule has 9 nitrogen and oxygen atoms in total. The van der Waals surface area contributed by atoms with E-state index in [-0.39, 0.29) is 39.8 Å². The summed E-state index contributed by atoms with van der Waals surface area (Å²) in [7, 11) is 3.41. The number of aromatic amines is 1. The third-order valence-corrected chi connectivity index (χ3v) is 6.50. The fourth-order valence-electron chi connectivity index (χ4n) is 4.31. The first kappa shape index (κ1) is 30.9. The highest BCUT2D eigenvalue weighted by molar-refractivity contribution is 6.02. The van der Waals surface area contributed by atoms with Gasteiger partial charge in [-0.05, 0) is 42.3 Å². The van der Waals surface area contributed by atoms with E-state index >= 15 is 0 Å². The summed E-state index contributed by atoms with van der Waals surface area (Å²) in [5, 5.41) is 2.61. The Bertz CT molecular complexity index is 1430. The first-order chi connectivity index (χ1) is 19.7. The number of likely N-dealkylation sites (N-methyl/N-ethyl adjacent to an activating group) is 1. The van der Waals surface area contributed by atoms with E-state index in [1.807, 2.05) is 107 Å². The molecule has 9 heteroatoms. The number of hydrogen-bond donors (Lipinski definition) is 2. The first-order valence-electron chi connectivity index (χ1n) is 13.7. The summed E-state index contributed by atoms with van der Waals surface area (Å²) in [5.74, 6) is 0.957. The maximum Gasteiger partial charge on any atom is 0.325 e. The Hall–Kier alpha value is -4.66. The van der Waals surface area contributed by atoms with Gasteiger partial charge in [-0.2, -0.15) is 0 Å². The Morgan fingerprint density at radius 2 is 1.66 bits per heavy atom. The standard InChI is InChI=1S/C20H20N4O2.C10H13NO2.C2H6.2H2/c1-12-8-9-15-16(10-12)23-19(22-15)18(24-17(25)11-21-20(24)26)13(2)14-6-4-3-5-7-14;1-11(2)10(12)8-13-9-6-4-3-5-7-9;1-2;;/h3-10,13,18H,11H2,1-2H3,(H,21,26)(H,22,23);3-7H,8H2,1-2H3;1-2H3;2*1H/t13-,18-;;;;/m0..../s1. The number of imidazole rings is 1. The number of H-pyrrole nitrogens is 1. The maximum absolute atomic E-state index is 12.4. The molecule has 2 heterocycles. The number of aryl methyl sites for hydroxylation is 1. The molecular formula is C32H43N5O4. The van der Waals surface area contributed by atoms with Crippen molar-refractivity contribution in [3.05, 3.63) is 95.8 Å². The van der Waals surface area contributed by atoms with Crippen LogP contribution in [0, 0.1) is 6.92 Å². The number of benzene rings is 3. The van der Waals surface area contributed by atoms with E-state index in [0.29, 0.717) is 5.82 Å². The Morgan fingerprint density at radius 1 is 1.02 bits per heavy atom. The van der Waals surface area contributed by atoms with E-state index in [9.17, 15) is 14.4 Å². The highest BCUT2D eigenvalue weighted by Gasteiger charge is 2.40. The number of urea groups is 1. The number of nitrogens with one attached hydrogen (secondary N) is 2. The quantitative estimate of drug-likeness (QED) is 0.272. The van der Waals surface area contributed by atoms with Gasteiger partial charge in [0.1, 0.15) is 17.6 Å². The van der Waals surface area contributed by atoms with Gasteiger partial charge < -0.3 is 19.9 Å². The van der Waals surface area contributed by atoms with Crippen molar-refractivity contribution < 1.29 is 22.0 Å². The molecule has 0 unspecified atom stereocenters. The highest BCUT2D eigenvalue weighted by Crippen LogP contribution is 2.36. The molecule has 0 radical (unpaired) electrons. The average molecular weight is 562 g/mol. The largest absolute Gasteiger partial charge is 0.484 e. The summed E-state index contributed by atoms with van der Waals surface area (Å²) in [5.41, 5.74) is 3.89. The van der Waals surface area contributed by atoms with Gasteiger partial charge in [0.15, 0.2) is 6.61 Å². The topological polar surface area (TPSA) is 108 Å². The number of carbonyl (C=O) groups is 3. The van der Waals surface area contributed by atoms with E-state index in [4.69, 9.17) is 4.74 Å². The normalized spacial score (nSPS) is 13.8. The summed E-state index contributed by atoms with van der Waals surface area (Å²) < 4.78 is 5.24. The Kier molecular flexibility index (Phi) is 11.0. The molecule has 1 saturated heterocycles. The third-order valence-electron chi connectivity index (χ3n) is 6.50. The number of ether oxygens (including phenoxy) is 1. The molecule has 2 N–H and O–H groups in total. The molecule has 4 amide bonds. The van der Waals surface area contributed by atoms with Crippen molar-refractivity contribution in [2.75, 3.05) is 27.2 Å². The van der Waals surface area contributed by atoms with Gasteiger partial charge in [0.25, 0.3) is 11.8 Å². The van der Waals surface area contributed by atoms with Crippen LogP contribution in [0.4, 0.5) is 4.79 Å².